The van der Waals surface area contributed by atoms with Crippen molar-refractivity contribution < 1.29 is 9.84 Å². The maximum atomic E-state index is 10.2. The second kappa shape index (κ2) is 4.94. The van der Waals surface area contributed by atoms with Crippen LogP contribution in [0.3, 0.4) is 0 Å². The molecular formula is C13H20N2O2. The number of aliphatic hydroxyl groups excluding tert-OH is 1. The van der Waals surface area contributed by atoms with Crippen molar-refractivity contribution >= 4 is 5.69 Å². The normalized spacial score (nSPS) is 15.8. The van der Waals surface area contributed by atoms with Gasteiger partial charge < -0.3 is 20.5 Å². The molecule has 4 heteroatoms. The number of aliphatic hydroxyl groups is 1. The Morgan fingerprint density at radius 2 is 2.24 bits per heavy atom. The molecule has 2 rings (SSSR count). The second-order valence-corrected chi connectivity index (χ2v) is 4.80. The fraction of sp³-hybridized carbons (Fsp3) is 0.538. The molecule has 1 aromatic carbocycles. The zero-order chi connectivity index (χ0) is 12.4. The standard InChI is InChI=1S/C13H20N2O2/c1-15(2)5-3-12(16)11-8-10(14)7-9-4-6-17-13(9)11/h7-8,12,16H,3-6,14H2,1-2H3. The van der Waals surface area contributed by atoms with E-state index in [4.69, 9.17) is 10.5 Å². The van der Waals surface area contributed by atoms with E-state index in [2.05, 4.69) is 4.90 Å². The number of hydrogen-bond acceptors (Lipinski definition) is 4. The third kappa shape index (κ3) is 2.70. The van der Waals surface area contributed by atoms with Gasteiger partial charge in [-0.1, -0.05) is 0 Å². The van der Waals surface area contributed by atoms with Crippen molar-refractivity contribution in [1.82, 2.24) is 4.90 Å². The van der Waals surface area contributed by atoms with Gasteiger partial charge in [-0.15, -0.1) is 0 Å². The van der Waals surface area contributed by atoms with Gasteiger partial charge in [0.1, 0.15) is 5.75 Å². The number of hydrogen-bond donors (Lipinski definition) is 2. The minimum Gasteiger partial charge on any atom is -0.493 e. The molecule has 0 bridgehead atoms. The summed E-state index contributed by atoms with van der Waals surface area (Å²) in [5.41, 5.74) is 8.50. The van der Waals surface area contributed by atoms with E-state index in [1.807, 2.05) is 26.2 Å². The summed E-state index contributed by atoms with van der Waals surface area (Å²) in [6.07, 6.45) is 1.06. The van der Waals surface area contributed by atoms with E-state index >= 15 is 0 Å². The molecule has 0 saturated heterocycles. The van der Waals surface area contributed by atoms with Crippen LogP contribution in [0.15, 0.2) is 12.1 Å². The van der Waals surface area contributed by atoms with E-state index in [1.54, 1.807) is 0 Å². The first-order valence-corrected chi connectivity index (χ1v) is 5.96. The van der Waals surface area contributed by atoms with Crippen molar-refractivity contribution in [3.63, 3.8) is 0 Å². The number of fused-ring (bicyclic) bond motifs is 1. The summed E-state index contributed by atoms with van der Waals surface area (Å²) in [6, 6.07) is 3.76. The lowest BCUT2D eigenvalue weighted by molar-refractivity contribution is 0.150. The van der Waals surface area contributed by atoms with Gasteiger partial charge >= 0.3 is 0 Å². The first-order valence-electron chi connectivity index (χ1n) is 5.96. The molecule has 1 unspecified atom stereocenters. The van der Waals surface area contributed by atoms with Gasteiger partial charge in [0.2, 0.25) is 0 Å². The van der Waals surface area contributed by atoms with Gasteiger partial charge in [0.25, 0.3) is 0 Å². The first kappa shape index (κ1) is 12.2. The fourth-order valence-electron chi connectivity index (χ4n) is 2.15. The Bertz CT molecular complexity index is 405. The molecule has 0 fully saturated rings. The van der Waals surface area contributed by atoms with Crippen LogP contribution in [-0.2, 0) is 6.42 Å². The molecule has 0 saturated carbocycles. The van der Waals surface area contributed by atoms with Crippen LogP contribution in [0, 0.1) is 0 Å². The van der Waals surface area contributed by atoms with Crippen LogP contribution in [0.4, 0.5) is 5.69 Å². The quantitative estimate of drug-likeness (QED) is 0.771. The summed E-state index contributed by atoms with van der Waals surface area (Å²) in [6.45, 7) is 1.52. The monoisotopic (exact) mass is 236 g/mol. The van der Waals surface area contributed by atoms with Crippen LogP contribution >= 0.6 is 0 Å². The second-order valence-electron chi connectivity index (χ2n) is 4.80. The number of anilines is 1. The van der Waals surface area contributed by atoms with Gasteiger partial charge in [-0.05, 0) is 38.2 Å². The Hall–Kier alpha value is -1.26. The predicted molar refractivity (Wildman–Crippen MR) is 68.2 cm³/mol. The highest BCUT2D eigenvalue weighted by molar-refractivity contribution is 5.55. The van der Waals surface area contributed by atoms with Gasteiger partial charge in [-0.3, -0.25) is 0 Å². The van der Waals surface area contributed by atoms with Crippen molar-refractivity contribution in [1.29, 1.82) is 0 Å². The molecule has 4 nitrogen and oxygen atoms in total. The SMILES string of the molecule is CN(C)CCC(O)c1cc(N)cc2c1OCC2. The average molecular weight is 236 g/mol. The molecule has 0 aromatic heterocycles. The van der Waals surface area contributed by atoms with E-state index in [-0.39, 0.29) is 0 Å². The number of nitrogen functional groups attached to an aromatic ring is 1. The largest absolute Gasteiger partial charge is 0.493 e. The molecule has 1 aliphatic rings. The van der Waals surface area contributed by atoms with E-state index in [9.17, 15) is 5.11 Å². The van der Waals surface area contributed by atoms with Gasteiger partial charge in [-0.2, -0.15) is 0 Å². The van der Waals surface area contributed by atoms with Crippen LogP contribution in [0.1, 0.15) is 23.7 Å². The molecule has 1 aliphatic heterocycles. The molecule has 17 heavy (non-hydrogen) atoms. The molecule has 3 N–H and O–H groups in total. The molecule has 1 aromatic rings. The maximum Gasteiger partial charge on any atom is 0.128 e. The van der Waals surface area contributed by atoms with Crippen LogP contribution in [0.5, 0.6) is 5.75 Å². The maximum absolute atomic E-state index is 10.2. The third-order valence-electron chi connectivity index (χ3n) is 3.04. The average Bonchev–Trinajstić information content (AvgIpc) is 2.72. The number of benzene rings is 1. The van der Waals surface area contributed by atoms with E-state index in [1.165, 1.54) is 0 Å². The number of nitrogens with two attached hydrogens (primary N) is 1. The predicted octanol–water partition coefficient (Wildman–Crippen LogP) is 1.19. The lowest BCUT2D eigenvalue weighted by atomic mass is 10.0. The highest BCUT2D eigenvalue weighted by atomic mass is 16.5. The van der Waals surface area contributed by atoms with Crippen molar-refractivity contribution in [2.45, 2.75) is 18.9 Å². The molecule has 94 valence electrons. The summed E-state index contributed by atoms with van der Waals surface area (Å²) < 4.78 is 5.58. The highest BCUT2D eigenvalue weighted by Gasteiger charge is 2.21. The summed E-state index contributed by atoms with van der Waals surface area (Å²) in [5, 5.41) is 10.2. The minimum atomic E-state index is -0.507. The van der Waals surface area contributed by atoms with E-state index < -0.39 is 6.10 Å². The smallest absolute Gasteiger partial charge is 0.128 e. The number of rotatable bonds is 4. The molecular weight excluding hydrogens is 216 g/mol. The number of ether oxygens (including phenoxy) is 1. The van der Waals surface area contributed by atoms with E-state index in [0.717, 1.165) is 29.8 Å². The Balaban J connectivity index is 2.20. The van der Waals surface area contributed by atoms with Gasteiger partial charge in [0.15, 0.2) is 0 Å². The van der Waals surface area contributed by atoms with Crippen LogP contribution in [0.25, 0.3) is 0 Å². The molecule has 0 spiro atoms. The Labute approximate surface area is 102 Å². The van der Waals surface area contributed by atoms with Gasteiger partial charge in [0, 0.05) is 24.2 Å². The Morgan fingerprint density at radius 1 is 1.47 bits per heavy atom. The first-order chi connectivity index (χ1) is 8.08. The zero-order valence-electron chi connectivity index (χ0n) is 10.4. The van der Waals surface area contributed by atoms with Crippen LogP contribution in [0.2, 0.25) is 0 Å². The third-order valence-corrected chi connectivity index (χ3v) is 3.04. The fourth-order valence-corrected chi connectivity index (χ4v) is 2.15. The molecule has 0 aliphatic carbocycles. The minimum absolute atomic E-state index is 0.507. The van der Waals surface area contributed by atoms with Gasteiger partial charge in [0.05, 0.1) is 12.7 Å². The Morgan fingerprint density at radius 3 is 2.94 bits per heavy atom. The summed E-state index contributed by atoms with van der Waals surface area (Å²) in [4.78, 5) is 2.05. The van der Waals surface area contributed by atoms with Gasteiger partial charge in [-0.25, -0.2) is 0 Å². The lowest BCUT2D eigenvalue weighted by Gasteiger charge is -2.17. The van der Waals surface area contributed by atoms with Crippen molar-refractivity contribution in [3.8, 4) is 5.75 Å². The van der Waals surface area contributed by atoms with Crippen molar-refractivity contribution in [3.05, 3.63) is 23.3 Å². The van der Waals surface area contributed by atoms with Crippen molar-refractivity contribution in [2.75, 3.05) is 33.0 Å². The summed E-state index contributed by atoms with van der Waals surface area (Å²) >= 11 is 0. The Kier molecular flexibility index (Phi) is 3.54. The zero-order valence-corrected chi connectivity index (χ0v) is 10.4. The summed E-state index contributed by atoms with van der Waals surface area (Å²) in [5.74, 6) is 0.838. The molecule has 0 amide bonds. The van der Waals surface area contributed by atoms with Crippen LogP contribution < -0.4 is 10.5 Å². The number of nitrogens with zero attached hydrogens (tertiary/aromatic N) is 1. The molecule has 1 atom stereocenters. The van der Waals surface area contributed by atoms with Crippen molar-refractivity contribution in [2.24, 2.45) is 0 Å². The highest BCUT2D eigenvalue weighted by Crippen LogP contribution is 2.36. The molecule has 0 radical (unpaired) electrons. The summed E-state index contributed by atoms with van der Waals surface area (Å²) in [7, 11) is 3.99. The topological polar surface area (TPSA) is 58.7 Å². The van der Waals surface area contributed by atoms with E-state index in [0.29, 0.717) is 18.7 Å². The molecule has 1 heterocycles. The lowest BCUT2D eigenvalue weighted by Crippen LogP contribution is -2.16. The van der Waals surface area contributed by atoms with Crippen LogP contribution in [-0.4, -0.2) is 37.3 Å².